The molecule has 0 unspecified atom stereocenters. The molecule has 1 N–H and O–H groups in total. The molecule has 0 heterocycles. The van der Waals surface area contributed by atoms with Crippen molar-refractivity contribution in [2.75, 3.05) is 0 Å². The van der Waals surface area contributed by atoms with E-state index in [-0.39, 0.29) is 12.4 Å². The van der Waals surface area contributed by atoms with E-state index in [1.165, 1.54) is 36.8 Å². The molecule has 2 aromatic carbocycles. The van der Waals surface area contributed by atoms with Gasteiger partial charge in [-0.25, -0.2) is 0 Å². The van der Waals surface area contributed by atoms with Crippen molar-refractivity contribution < 1.29 is 4.74 Å². The number of hydrogen-bond acceptors (Lipinski definition) is 2. The second-order valence-corrected chi connectivity index (χ2v) is 5.78. The van der Waals surface area contributed by atoms with E-state index in [4.69, 9.17) is 4.74 Å². The van der Waals surface area contributed by atoms with Gasteiger partial charge in [0.15, 0.2) is 0 Å². The van der Waals surface area contributed by atoms with Crippen LogP contribution in [-0.2, 0) is 13.2 Å². The van der Waals surface area contributed by atoms with E-state index in [0.29, 0.717) is 12.6 Å². The SMILES string of the molecule is Cl.c1ccc(COc2cccc(CNC3CCCC3)c2)cc1. The zero-order chi connectivity index (χ0) is 14.3. The Kier molecular flexibility index (Phi) is 6.75. The molecular formula is C19H24ClNO. The van der Waals surface area contributed by atoms with Gasteiger partial charge in [-0.3, -0.25) is 0 Å². The zero-order valence-corrected chi connectivity index (χ0v) is 13.6. The molecule has 118 valence electrons. The van der Waals surface area contributed by atoms with Crippen LogP contribution in [-0.4, -0.2) is 6.04 Å². The Balaban J connectivity index is 0.00000176. The Morgan fingerprint density at radius 1 is 0.909 bits per heavy atom. The van der Waals surface area contributed by atoms with Gasteiger partial charge in [-0.1, -0.05) is 55.3 Å². The lowest BCUT2D eigenvalue weighted by Gasteiger charge is -2.13. The molecule has 0 saturated heterocycles. The summed E-state index contributed by atoms with van der Waals surface area (Å²) in [5, 5.41) is 3.64. The van der Waals surface area contributed by atoms with Gasteiger partial charge in [0.05, 0.1) is 0 Å². The topological polar surface area (TPSA) is 21.3 Å². The summed E-state index contributed by atoms with van der Waals surface area (Å²) in [5.41, 5.74) is 2.50. The standard InChI is InChI=1S/C19H23NO.ClH/c1-2-7-16(8-3-1)15-21-19-12-6-9-17(13-19)14-20-18-10-4-5-11-18;/h1-3,6-9,12-13,18,20H,4-5,10-11,14-15H2;1H. The predicted octanol–water partition coefficient (Wildman–Crippen LogP) is 4.72. The Morgan fingerprint density at radius 3 is 2.41 bits per heavy atom. The van der Waals surface area contributed by atoms with E-state index in [9.17, 15) is 0 Å². The second-order valence-electron chi connectivity index (χ2n) is 5.78. The number of nitrogens with one attached hydrogen (secondary N) is 1. The zero-order valence-electron chi connectivity index (χ0n) is 12.8. The molecule has 1 fully saturated rings. The van der Waals surface area contributed by atoms with E-state index in [0.717, 1.165) is 12.3 Å². The maximum absolute atomic E-state index is 5.88. The van der Waals surface area contributed by atoms with Gasteiger partial charge in [0.2, 0.25) is 0 Å². The van der Waals surface area contributed by atoms with Crippen molar-refractivity contribution in [2.24, 2.45) is 0 Å². The first kappa shape index (κ1) is 16.9. The molecule has 22 heavy (non-hydrogen) atoms. The average molecular weight is 318 g/mol. The minimum Gasteiger partial charge on any atom is -0.489 e. The van der Waals surface area contributed by atoms with Crippen LogP contribution in [0.4, 0.5) is 0 Å². The number of ether oxygens (including phenoxy) is 1. The third-order valence-corrected chi connectivity index (χ3v) is 4.10. The van der Waals surface area contributed by atoms with Gasteiger partial charge in [0.1, 0.15) is 12.4 Å². The first-order valence-electron chi connectivity index (χ1n) is 7.89. The maximum Gasteiger partial charge on any atom is 0.120 e. The van der Waals surface area contributed by atoms with Gasteiger partial charge in [-0.15, -0.1) is 12.4 Å². The molecule has 0 spiro atoms. The van der Waals surface area contributed by atoms with Crippen LogP contribution in [0.2, 0.25) is 0 Å². The molecule has 2 aromatic rings. The van der Waals surface area contributed by atoms with Crippen LogP contribution in [0.15, 0.2) is 54.6 Å². The third kappa shape index (κ3) is 5.04. The number of hydrogen-bond donors (Lipinski definition) is 1. The van der Waals surface area contributed by atoms with Crippen LogP contribution < -0.4 is 10.1 Å². The Labute approximate surface area is 139 Å². The van der Waals surface area contributed by atoms with Crippen LogP contribution in [0.3, 0.4) is 0 Å². The van der Waals surface area contributed by atoms with Crippen molar-refractivity contribution in [3.63, 3.8) is 0 Å². The molecule has 2 nitrogen and oxygen atoms in total. The van der Waals surface area contributed by atoms with Crippen molar-refractivity contribution in [3.8, 4) is 5.75 Å². The second kappa shape index (κ2) is 8.82. The molecule has 0 radical (unpaired) electrons. The average Bonchev–Trinajstić information content (AvgIpc) is 3.06. The van der Waals surface area contributed by atoms with Crippen molar-refractivity contribution in [1.82, 2.24) is 5.32 Å². The van der Waals surface area contributed by atoms with Gasteiger partial charge < -0.3 is 10.1 Å². The molecule has 0 aromatic heterocycles. The van der Waals surface area contributed by atoms with Gasteiger partial charge >= 0.3 is 0 Å². The summed E-state index contributed by atoms with van der Waals surface area (Å²) >= 11 is 0. The van der Waals surface area contributed by atoms with Gasteiger partial charge in [0.25, 0.3) is 0 Å². The van der Waals surface area contributed by atoms with E-state index < -0.39 is 0 Å². The Hall–Kier alpha value is -1.51. The largest absolute Gasteiger partial charge is 0.489 e. The molecule has 0 atom stereocenters. The van der Waals surface area contributed by atoms with Gasteiger partial charge in [-0.05, 0) is 36.1 Å². The lowest BCUT2D eigenvalue weighted by molar-refractivity contribution is 0.306. The first-order valence-corrected chi connectivity index (χ1v) is 7.89. The number of rotatable bonds is 6. The van der Waals surface area contributed by atoms with E-state index >= 15 is 0 Å². The summed E-state index contributed by atoms with van der Waals surface area (Å²) in [5.74, 6) is 0.949. The highest BCUT2D eigenvalue weighted by molar-refractivity contribution is 5.85. The molecule has 0 aliphatic heterocycles. The first-order chi connectivity index (χ1) is 10.4. The molecule has 3 rings (SSSR count). The lowest BCUT2D eigenvalue weighted by Crippen LogP contribution is -2.25. The number of benzene rings is 2. The van der Waals surface area contributed by atoms with Crippen LogP contribution in [0.25, 0.3) is 0 Å². The highest BCUT2D eigenvalue weighted by atomic mass is 35.5. The molecule has 1 aliphatic carbocycles. The van der Waals surface area contributed by atoms with Crippen molar-refractivity contribution in [1.29, 1.82) is 0 Å². The van der Waals surface area contributed by atoms with Crippen LogP contribution >= 0.6 is 12.4 Å². The summed E-state index contributed by atoms with van der Waals surface area (Å²) in [6.07, 6.45) is 5.39. The van der Waals surface area contributed by atoms with E-state index in [2.05, 4.69) is 35.6 Å². The summed E-state index contributed by atoms with van der Waals surface area (Å²) in [6.45, 7) is 1.56. The summed E-state index contributed by atoms with van der Waals surface area (Å²) in [6, 6.07) is 19.4. The summed E-state index contributed by atoms with van der Waals surface area (Å²) in [7, 11) is 0. The minimum atomic E-state index is 0. The highest BCUT2D eigenvalue weighted by Crippen LogP contribution is 2.19. The van der Waals surface area contributed by atoms with E-state index in [1.807, 2.05) is 24.3 Å². The third-order valence-electron chi connectivity index (χ3n) is 4.10. The highest BCUT2D eigenvalue weighted by Gasteiger charge is 2.13. The fourth-order valence-electron chi connectivity index (χ4n) is 2.88. The van der Waals surface area contributed by atoms with Crippen molar-refractivity contribution >= 4 is 12.4 Å². The maximum atomic E-state index is 5.88. The lowest BCUT2D eigenvalue weighted by atomic mass is 10.2. The molecule has 1 saturated carbocycles. The smallest absolute Gasteiger partial charge is 0.120 e. The number of halogens is 1. The van der Waals surface area contributed by atoms with Crippen LogP contribution in [0.5, 0.6) is 5.75 Å². The van der Waals surface area contributed by atoms with Crippen LogP contribution in [0, 0.1) is 0 Å². The van der Waals surface area contributed by atoms with Crippen LogP contribution in [0.1, 0.15) is 36.8 Å². The van der Waals surface area contributed by atoms with E-state index in [1.54, 1.807) is 0 Å². The fraction of sp³-hybridized carbons (Fsp3) is 0.368. The molecular weight excluding hydrogens is 294 g/mol. The summed E-state index contributed by atoms with van der Waals surface area (Å²) < 4.78 is 5.88. The molecule has 0 amide bonds. The fourth-order valence-corrected chi connectivity index (χ4v) is 2.88. The Bertz CT molecular complexity index is 552. The van der Waals surface area contributed by atoms with Crippen molar-refractivity contribution in [3.05, 3.63) is 65.7 Å². The quantitative estimate of drug-likeness (QED) is 0.832. The van der Waals surface area contributed by atoms with Gasteiger partial charge in [0, 0.05) is 12.6 Å². The van der Waals surface area contributed by atoms with Gasteiger partial charge in [-0.2, -0.15) is 0 Å². The molecule has 1 aliphatic rings. The molecule has 0 bridgehead atoms. The Morgan fingerprint density at radius 2 is 1.64 bits per heavy atom. The van der Waals surface area contributed by atoms with Crippen molar-refractivity contribution in [2.45, 2.75) is 44.9 Å². The summed E-state index contributed by atoms with van der Waals surface area (Å²) in [4.78, 5) is 0. The predicted molar refractivity (Wildman–Crippen MR) is 93.6 cm³/mol. The monoisotopic (exact) mass is 317 g/mol. The molecule has 3 heteroatoms. The minimum absolute atomic E-state index is 0. The normalized spacial score (nSPS) is 14.5.